The quantitative estimate of drug-likeness (QED) is 0.445. The topological polar surface area (TPSA) is 109 Å². The molecule has 116 valence electrons. The van der Waals surface area contributed by atoms with Crippen LogP contribution >= 0.6 is 11.3 Å². The Balaban J connectivity index is 1.99. The average molecular weight is 320 g/mol. The van der Waals surface area contributed by atoms with Crippen molar-refractivity contribution in [3.8, 4) is 0 Å². The zero-order chi connectivity index (χ0) is 16.1. The van der Waals surface area contributed by atoms with Crippen LogP contribution in [0.15, 0.2) is 29.6 Å². The summed E-state index contributed by atoms with van der Waals surface area (Å²) in [4.78, 5) is 26.1. The van der Waals surface area contributed by atoms with Gasteiger partial charge in [-0.25, -0.2) is 20.6 Å². The van der Waals surface area contributed by atoms with Crippen LogP contribution in [0.5, 0.6) is 0 Å². The van der Waals surface area contributed by atoms with E-state index in [2.05, 4.69) is 10.3 Å². The number of carboxylic acid groups (broad SMARTS) is 1. The molecule has 2 aromatic rings. The molecule has 1 aromatic heterocycles. The molecule has 7 nitrogen and oxygen atoms in total. The summed E-state index contributed by atoms with van der Waals surface area (Å²) in [7, 11) is 0. The van der Waals surface area contributed by atoms with Gasteiger partial charge < -0.3 is 10.4 Å². The van der Waals surface area contributed by atoms with Crippen LogP contribution in [0.2, 0.25) is 0 Å². The first-order valence-corrected chi connectivity index (χ1v) is 7.42. The van der Waals surface area contributed by atoms with Gasteiger partial charge in [0.1, 0.15) is 0 Å². The SMILES string of the molecule is CC(=O)Nc1nc(CCc2cccc(N(N)C(=O)O)c2)cs1. The third-order valence-electron chi connectivity index (χ3n) is 2.90. The lowest BCUT2D eigenvalue weighted by atomic mass is 10.1. The van der Waals surface area contributed by atoms with Gasteiger partial charge in [-0.2, -0.15) is 0 Å². The van der Waals surface area contributed by atoms with Crippen molar-refractivity contribution < 1.29 is 14.7 Å². The smallest absolute Gasteiger partial charge is 0.426 e. The molecule has 0 atom stereocenters. The van der Waals surface area contributed by atoms with Crippen molar-refractivity contribution in [2.24, 2.45) is 5.84 Å². The molecule has 0 saturated heterocycles. The highest BCUT2D eigenvalue weighted by atomic mass is 32.1. The standard InChI is InChI=1S/C14H16N4O3S/c1-9(19)16-13-17-11(8-22-13)6-5-10-3-2-4-12(7-10)18(15)14(20)21/h2-4,7-8H,5-6,15H2,1H3,(H,20,21)(H,16,17,19). The lowest BCUT2D eigenvalue weighted by Gasteiger charge is -2.13. The van der Waals surface area contributed by atoms with Gasteiger partial charge in [-0.3, -0.25) is 4.79 Å². The van der Waals surface area contributed by atoms with Gasteiger partial charge in [-0.15, -0.1) is 11.3 Å². The fourth-order valence-electron chi connectivity index (χ4n) is 1.87. The minimum Gasteiger partial charge on any atom is -0.464 e. The largest absolute Gasteiger partial charge is 0.464 e. The maximum Gasteiger partial charge on any atom is 0.426 e. The van der Waals surface area contributed by atoms with Crippen molar-refractivity contribution in [2.45, 2.75) is 19.8 Å². The van der Waals surface area contributed by atoms with E-state index in [0.717, 1.165) is 11.3 Å². The van der Waals surface area contributed by atoms with Gasteiger partial charge >= 0.3 is 6.09 Å². The number of hydrogen-bond donors (Lipinski definition) is 3. The summed E-state index contributed by atoms with van der Waals surface area (Å²) in [6, 6.07) is 7.03. The molecule has 0 saturated carbocycles. The minimum atomic E-state index is -1.21. The summed E-state index contributed by atoms with van der Waals surface area (Å²) < 4.78 is 0. The number of hydrogen-bond acceptors (Lipinski definition) is 5. The summed E-state index contributed by atoms with van der Waals surface area (Å²) in [6.07, 6.45) is 0.179. The van der Waals surface area contributed by atoms with Crippen LogP contribution in [0.4, 0.5) is 15.6 Å². The number of carbonyl (C=O) groups is 2. The third kappa shape index (κ3) is 4.27. The molecule has 0 fully saturated rings. The molecule has 0 spiro atoms. The normalized spacial score (nSPS) is 10.3. The second-order valence-electron chi connectivity index (χ2n) is 4.65. The highest BCUT2D eigenvalue weighted by molar-refractivity contribution is 7.13. The summed E-state index contributed by atoms with van der Waals surface area (Å²) in [5.74, 6) is 5.30. The van der Waals surface area contributed by atoms with Crippen LogP contribution in [-0.4, -0.2) is 22.1 Å². The molecule has 0 aliphatic rings. The van der Waals surface area contributed by atoms with E-state index in [4.69, 9.17) is 10.9 Å². The van der Waals surface area contributed by atoms with Crippen LogP contribution < -0.4 is 16.2 Å². The van der Waals surface area contributed by atoms with Crippen LogP contribution in [0.3, 0.4) is 0 Å². The number of aryl methyl sites for hydroxylation is 2. The first kappa shape index (κ1) is 15.9. The number of thiazole rings is 1. The number of nitrogens with zero attached hydrogens (tertiary/aromatic N) is 2. The van der Waals surface area contributed by atoms with Crippen molar-refractivity contribution in [3.05, 3.63) is 40.9 Å². The fourth-order valence-corrected chi connectivity index (χ4v) is 2.67. The number of benzene rings is 1. The minimum absolute atomic E-state index is 0.148. The Kier molecular flexibility index (Phi) is 5.08. The lowest BCUT2D eigenvalue weighted by molar-refractivity contribution is -0.114. The molecule has 0 aliphatic heterocycles. The van der Waals surface area contributed by atoms with Gasteiger partial charge in [-0.05, 0) is 30.5 Å². The zero-order valence-corrected chi connectivity index (χ0v) is 12.8. The van der Waals surface area contributed by atoms with Gasteiger partial charge in [0.15, 0.2) is 5.13 Å². The maximum atomic E-state index is 10.9. The Hall–Kier alpha value is -2.45. The van der Waals surface area contributed by atoms with Gasteiger partial charge in [0, 0.05) is 12.3 Å². The van der Waals surface area contributed by atoms with Crippen molar-refractivity contribution in [1.82, 2.24) is 4.98 Å². The zero-order valence-electron chi connectivity index (χ0n) is 11.9. The first-order valence-electron chi connectivity index (χ1n) is 6.54. The molecule has 22 heavy (non-hydrogen) atoms. The Morgan fingerprint density at radius 2 is 2.18 bits per heavy atom. The second-order valence-corrected chi connectivity index (χ2v) is 5.51. The predicted molar refractivity (Wildman–Crippen MR) is 85.0 cm³/mol. The number of nitrogens with one attached hydrogen (secondary N) is 1. The van der Waals surface area contributed by atoms with Crippen molar-refractivity contribution in [1.29, 1.82) is 0 Å². The van der Waals surface area contributed by atoms with Crippen LogP contribution in [-0.2, 0) is 17.6 Å². The van der Waals surface area contributed by atoms with E-state index in [1.807, 2.05) is 11.4 Å². The van der Waals surface area contributed by atoms with E-state index >= 15 is 0 Å². The van der Waals surface area contributed by atoms with Gasteiger partial charge in [-0.1, -0.05) is 12.1 Å². The number of nitrogens with two attached hydrogens (primary N) is 1. The van der Waals surface area contributed by atoms with Gasteiger partial charge in [0.05, 0.1) is 11.4 Å². The molecule has 0 radical (unpaired) electrons. The molecule has 8 heteroatoms. The fraction of sp³-hybridized carbons (Fsp3) is 0.214. The third-order valence-corrected chi connectivity index (χ3v) is 3.71. The molecule has 0 bridgehead atoms. The Morgan fingerprint density at radius 3 is 2.86 bits per heavy atom. The van der Waals surface area contributed by atoms with E-state index in [-0.39, 0.29) is 5.91 Å². The molecule has 0 unspecified atom stereocenters. The van der Waals surface area contributed by atoms with Crippen LogP contribution in [0.1, 0.15) is 18.2 Å². The van der Waals surface area contributed by atoms with Gasteiger partial charge in [0.2, 0.25) is 5.91 Å². The first-order chi connectivity index (χ1) is 10.5. The van der Waals surface area contributed by atoms with Crippen molar-refractivity contribution in [3.63, 3.8) is 0 Å². The van der Waals surface area contributed by atoms with Crippen molar-refractivity contribution in [2.75, 3.05) is 10.3 Å². The second kappa shape index (κ2) is 7.01. The molecule has 1 heterocycles. The molecular weight excluding hydrogens is 304 g/mol. The summed E-state index contributed by atoms with van der Waals surface area (Å²) in [5, 5.41) is 14.7. The summed E-state index contributed by atoms with van der Waals surface area (Å²) in [5.41, 5.74) is 2.26. The number of anilines is 2. The van der Waals surface area contributed by atoms with Gasteiger partial charge in [0.25, 0.3) is 0 Å². The average Bonchev–Trinajstić information content (AvgIpc) is 2.91. The van der Waals surface area contributed by atoms with E-state index in [1.165, 1.54) is 18.3 Å². The highest BCUT2D eigenvalue weighted by Crippen LogP contribution is 2.19. The Labute approximate surface area is 131 Å². The predicted octanol–water partition coefficient (Wildman–Crippen LogP) is 2.24. The van der Waals surface area contributed by atoms with E-state index in [9.17, 15) is 9.59 Å². The number of carbonyl (C=O) groups excluding carboxylic acids is 1. The molecule has 4 N–H and O–H groups in total. The summed E-state index contributed by atoms with van der Waals surface area (Å²) >= 11 is 1.38. The lowest BCUT2D eigenvalue weighted by Crippen LogP contribution is -2.36. The summed E-state index contributed by atoms with van der Waals surface area (Å²) in [6.45, 7) is 1.44. The van der Waals surface area contributed by atoms with E-state index in [1.54, 1.807) is 18.2 Å². The Morgan fingerprint density at radius 1 is 1.41 bits per heavy atom. The van der Waals surface area contributed by atoms with Crippen LogP contribution in [0, 0.1) is 0 Å². The number of rotatable bonds is 5. The van der Waals surface area contributed by atoms with Crippen LogP contribution in [0.25, 0.3) is 0 Å². The molecular formula is C14H16N4O3S. The number of aromatic nitrogens is 1. The Bertz CT molecular complexity index is 686. The maximum absolute atomic E-state index is 10.9. The number of hydrazine groups is 1. The molecule has 0 aliphatic carbocycles. The monoisotopic (exact) mass is 320 g/mol. The van der Waals surface area contributed by atoms with Crippen molar-refractivity contribution >= 4 is 34.2 Å². The molecule has 1 aromatic carbocycles. The van der Waals surface area contributed by atoms with E-state index < -0.39 is 6.09 Å². The van der Waals surface area contributed by atoms with E-state index in [0.29, 0.717) is 28.7 Å². The number of amides is 2. The molecule has 2 rings (SSSR count). The molecule has 2 amide bonds. The highest BCUT2D eigenvalue weighted by Gasteiger charge is 2.10.